The van der Waals surface area contributed by atoms with Gasteiger partial charge in [0.15, 0.2) is 0 Å². The van der Waals surface area contributed by atoms with Gasteiger partial charge < -0.3 is 10.4 Å². The fraction of sp³-hybridized carbons (Fsp3) is 0.625. The second-order valence-corrected chi connectivity index (χ2v) is 2.66. The molecule has 1 atom stereocenters. The fourth-order valence-corrected chi connectivity index (χ4v) is 1.17. The lowest BCUT2D eigenvalue weighted by Crippen LogP contribution is -2.23. The lowest BCUT2D eigenvalue weighted by Gasteiger charge is -2.00. The molecule has 0 aromatic rings. The SMILES string of the molecule is CCNC(=O)C1=CC(O)CC1. The number of amides is 1. The minimum atomic E-state index is -0.410. The molecular weight excluding hydrogens is 142 g/mol. The Morgan fingerprint density at radius 1 is 1.91 bits per heavy atom. The Hall–Kier alpha value is -0.830. The molecule has 0 spiro atoms. The number of hydrogen-bond donors (Lipinski definition) is 2. The van der Waals surface area contributed by atoms with E-state index in [4.69, 9.17) is 5.11 Å². The largest absolute Gasteiger partial charge is 0.389 e. The van der Waals surface area contributed by atoms with Crippen molar-refractivity contribution >= 4 is 5.91 Å². The first-order chi connectivity index (χ1) is 5.24. The number of aliphatic hydroxyl groups excluding tert-OH is 1. The van der Waals surface area contributed by atoms with E-state index in [9.17, 15) is 4.79 Å². The predicted octanol–water partition coefficient (Wildman–Crippen LogP) is 0.204. The van der Waals surface area contributed by atoms with E-state index in [2.05, 4.69) is 5.32 Å². The van der Waals surface area contributed by atoms with Crippen LogP contribution in [-0.4, -0.2) is 23.7 Å². The molecule has 3 heteroatoms. The van der Waals surface area contributed by atoms with E-state index in [0.29, 0.717) is 19.4 Å². The third-order valence-electron chi connectivity index (χ3n) is 1.73. The van der Waals surface area contributed by atoms with Crippen LogP contribution in [0.3, 0.4) is 0 Å². The van der Waals surface area contributed by atoms with Gasteiger partial charge >= 0.3 is 0 Å². The average molecular weight is 155 g/mol. The van der Waals surface area contributed by atoms with E-state index < -0.39 is 6.10 Å². The summed E-state index contributed by atoms with van der Waals surface area (Å²) in [4.78, 5) is 11.1. The molecule has 0 aromatic heterocycles. The highest BCUT2D eigenvalue weighted by Gasteiger charge is 2.17. The van der Waals surface area contributed by atoms with Gasteiger partial charge in [-0.1, -0.05) is 0 Å². The van der Waals surface area contributed by atoms with Crippen molar-refractivity contribution in [2.75, 3.05) is 6.54 Å². The number of aliphatic hydroxyl groups is 1. The van der Waals surface area contributed by atoms with E-state index in [1.54, 1.807) is 6.08 Å². The van der Waals surface area contributed by atoms with Gasteiger partial charge in [-0.25, -0.2) is 0 Å². The Morgan fingerprint density at radius 3 is 3.09 bits per heavy atom. The average Bonchev–Trinajstić information content (AvgIpc) is 2.36. The van der Waals surface area contributed by atoms with Gasteiger partial charge in [-0.2, -0.15) is 0 Å². The van der Waals surface area contributed by atoms with E-state index in [-0.39, 0.29) is 5.91 Å². The lowest BCUT2D eigenvalue weighted by molar-refractivity contribution is -0.117. The number of rotatable bonds is 2. The highest BCUT2D eigenvalue weighted by molar-refractivity contribution is 5.93. The standard InChI is InChI=1S/C8H13NO2/c1-2-9-8(11)6-3-4-7(10)5-6/h5,7,10H,2-4H2,1H3,(H,9,11). The molecular formula is C8H13NO2. The molecule has 2 N–H and O–H groups in total. The topological polar surface area (TPSA) is 49.3 Å². The molecule has 3 nitrogen and oxygen atoms in total. The molecule has 0 bridgehead atoms. The molecule has 11 heavy (non-hydrogen) atoms. The molecule has 0 heterocycles. The first-order valence-corrected chi connectivity index (χ1v) is 3.91. The molecule has 1 aliphatic carbocycles. The minimum absolute atomic E-state index is 0.0379. The number of carbonyl (C=O) groups is 1. The van der Waals surface area contributed by atoms with Gasteiger partial charge in [0.1, 0.15) is 0 Å². The molecule has 0 saturated carbocycles. The quantitative estimate of drug-likeness (QED) is 0.598. The summed E-state index contributed by atoms with van der Waals surface area (Å²) in [6.45, 7) is 2.52. The van der Waals surface area contributed by atoms with Crippen molar-refractivity contribution in [2.24, 2.45) is 0 Å². The Balaban J connectivity index is 2.48. The van der Waals surface area contributed by atoms with Crippen LogP contribution in [0.5, 0.6) is 0 Å². The summed E-state index contributed by atoms with van der Waals surface area (Å²) >= 11 is 0. The number of hydrogen-bond acceptors (Lipinski definition) is 2. The van der Waals surface area contributed by atoms with Crippen LogP contribution < -0.4 is 5.32 Å². The molecule has 0 saturated heterocycles. The number of nitrogens with one attached hydrogen (secondary N) is 1. The van der Waals surface area contributed by atoms with Gasteiger partial charge in [-0.05, 0) is 25.8 Å². The Kier molecular flexibility index (Phi) is 2.65. The molecule has 62 valence electrons. The van der Waals surface area contributed by atoms with Crippen molar-refractivity contribution in [3.63, 3.8) is 0 Å². The third kappa shape index (κ3) is 2.05. The van der Waals surface area contributed by atoms with Crippen LogP contribution in [0.25, 0.3) is 0 Å². The first-order valence-electron chi connectivity index (χ1n) is 3.91. The van der Waals surface area contributed by atoms with E-state index in [1.165, 1.54) is 0 Å². The summed E-state index contributed by atoms with van der Waals surface area (Å²) in [5.41, 5.74) is 0.722. The number of likely N-dealkylation sites (N-methyl/N-ethyl adjacent to an activating group) is 1. The number of carbonyl (C=O) groups excluding carboxylic acids is 1. The van der Waals surface area contributed by atoms with Crippen molar-refractivity contribution < 1.29 is 9.90 Å². The zero-order chi connectivity index (χ0) is 8.27. The van der Waals surface area contributed by atoms with E-state index >= 15 is 0 Å². The van der Waals surface area contributed by atoms with Crippen LogP contribution in [-0.2, 0) is 4.79 Å². The molecule has 0 aromatic carbocycles. The smallest absolute Gasteiger partial charge is 0.246 e. The zero-order valence-corrected chi connectivity index (χ0v) is 6.63. The third-order valence-corrected chi connectivity index (χ3v) is 1.73. The van der Waals surface area contributed by atoms with Gasteiger partial charge in [-0.3, -0.25) is 4.79 Å². The zero-order valence-electron chi connectivity index (χ0n) is 6.63. The highest BCUT2D eigenvalue weighted by atomic mass is 16.3. The lowest BCUT2D eigenvalue weighted by atomic mass is 10.2. The van der Waals surface area contributed by atoms with Crippen molar-refractivity contribution in [2.45, 2.75) is 25.9 Å². The predicted molar refractivity (Wildman–Crippen MR) is 42.0 cm³/mol. The Labute approximate surface area is 66.1 Å². The molecule has 0 radical (unpaired) electrons. The van der Waals surface area contributed by atoms with Crippen LogP contribution in [0.4, 0.5) is 0 Å². The Morgan fingerprint density at radius 2 is 2.64 bits per heavy atom. The monoisotopic (exact) mass is 155 g/mol. The van der Waals surface area contributed by atoms with Crippen LogP contribution in [0.2, 0.25) is 0 Å². The summed E-state index contributed by atoms with van der Waals surface area (Å²) < 4.78 is 0. The van der Waals surface area contributed by atoms with Crippen LogP contribution in [0.15, 0.2) is 11.6 Å². The summed E-state index contributed by atoms with van der Waals surface area (Å²) in [5, 5.41) is 11.7. The van der Waals surface area contributed by atoms with Gasteiger partial charge in [0, 0.05) is 12.1 Å². The van der Waals surface area contributed by atoms with Crippen molar-refractivity contribution in [1.82, 2.24) is 5.32 Å². The maximum atomic E-state index is 11.1. The van der Waals surface area contributed by atoms with Crippen LogP contribution in [0, 0.1) is 0 Å². The van der Waals surface area contributed by atoms with Crippen LogP contribution in [0.1, 0.15) is 19.8 Å². The maximum absolute atomic E-state index is 11.1. The second kappa shape index (κ2) is 3.53. The molecule has 0 fully saturated rings. The molecule has 1 aliphatic rings. The fourth-order valence-electron chi connectivity index (χ4n) is 1.17. The van der Waals surface area contributed by atoms with Crippen molar-refractivity contribution in [3.05, 3.63) is 11.6 Å². The van der Waals surface area contributed by atoms with Crippen molar-refractivity contribution in [3.8, 4) is 0 Å². The summed E-state index contributed by atoms with van der Waals surface area (Å²) in [6.07, 6.45) is 2.61. The molecule has 1 unspecified atom stereocenters. The van der Waals surface area contributed by atoms with Gasteiger partial charge in [0.2, 0.25) is 5.91 Å². The van der Waals surface area contributed by atoms with E-state index in [0.717, 1.165) is 5.57 Å². The maximum Gasteiger partial charge on any atom is 0.246 e. The van der Waals surface area contributed by atoms with E-state index in [1.807, 2.05) is 6.92 Å². The normalized spacial score (nSPS) is 23.1. The van der Waals surface area contributed by atoms with Crippen LogP contribution >= 0.6 is 0 Å². The molecule has 1 amide bonds. The molecule has 0 aliphatic heterocycles. The summed E-state index contributed by atoms with van der Waals surface area (Å²) in [6, 6.07) is 0. The summed E-state index contributed by atoms with van der Waals surface area (Å²) in [7, 11) is 0. The summed E-state index contributed by atoms with van der Waals surface area (Å²) in [5.74, 6) is -0.0379. The second-order valence-electron chi connectivity index (χ2n) is 2.66. The van der Waals surface area contributed by atoms with Gasteiger partial charge in [0.25, 0.3) is 0 Å². The van der Waals surface area contributed by atoms with Crippen molar-refractivity contribution in [1.29, 1.82) is 0 Å². The van der Waals surface area contributed by atoms with Gasteiger partial charge in [0.05, 0.1) is 6.10 Å². The first kappa shape index (κ1) is 8.27. The van der Waals surface area contributed by atoms with Gasteiger partial charge in [-0.15, -0.1) is 0 Å². The Bertz CT molecular complexity index is 187. The minimum Gasteiger partial charge on any atom is -0.389 e. The highest BCUT2D eigenvalue weighted by Crippen LogP contribution is 2.17. The molecule has 1 rings (SSSR count).